The third-order valence-electron chi connectivity index (χ3n) is 12.2. The molecule has 0 heterocycles. The average Bonchev–Trinajstić information content (AvgIpc) is 3.30. The summed E-state index contributed by atoms with van der Waals surface area (Å²) in [4.78, 5) is 35.8. The molecule has 1 aliphatic carbocycles. The fourth-order valence-corrected chi connectivity index (χ4v) is 8.93. The van der Waals surface area contributed by atoms with Crippen molar-refractivity contribution >= 4 is 19.8 Å². The van der Waals surface area contributed by atoms with E-state index in [9.17, 15) is 44.6 Å². The van der Waals surface area contributed by atoms with Gasteiger partial charge in [-0.2, -0.15) is 0 Å². The number of phosphoric acid groups is 1. The van der Waals surface area contributed by atoms with Gasteiger partial charge in [-0.1, -0.05) is 179 Å². The highest BCUT2D eigenvalue weighted by Gasteiger charge is 2.51. The van der Waals surface area contributed by atoms with Crippen molar-refractivity contribution in [1.29, 1.82) is 0 Å². The molecule has 0 aliphatic heterocycles. The third-order valence-corrected chi connectivity index (χ3v) is 13.2. The number of hydrogen-bond donors (Lipinski definition) is 6. The Labute approximate surface area is 399 Å². The summed E-state index contributed by atoms with van der Waals surface area (Å²) >= 11 is 0. The minimum Gasteiger partial charge on any atom is -0.462 e. The molecule has 6 atom stereocenters. The van der Waals surface area contributed by atoms with Crippen molar-refractivity contribution < 1.29 is 63.1 Å². The van der Waals surface area contributed by atoms with Crippen molar-refractivity contribution in [1.82, 2.24) is 0 Å². The van der Waals surface area contributed by atoms with Crippen molar-refractivity contribution in [3.05, 3.63) is 36.5 Å². The maximum absolute atomic E-state index is 12.9. The van der Waals surface area contributed by atoms with Gasteiger partial charge in [0.05, 0.1) is 6.61 Å². The van der Waals surface area contributed by atoms with E-state index in [2.05, 4.69) is 50.3 Å². The Morgan fingerprint density at radius 2 is 0.818 bits per heavy atom. The summed E-state index contributed by atoms with van der Waals surface area (Å²) in [6.07, 6.45) is 36.1. The van der Waals surface area contributed by atoms with Crippen LogP contribution in [0.15, 0.2) is 36.5 Å². The van der Waals surface area contributed by atoms with E-state index in [1.54, 1.807) is 0 Å². The first-order chi connectivity index (χ1) is 31.9. The molecule has 0 radical (unpaired) electrons. The number of esters is 2. The third kappa shape index (κ3) is 33.5. The molecule has 1 fully saturated rings. The van der Waals surface area contributed by atoms with E-state index in [4.69, 9.17) is 18.5 Å². The van der Waals surface area contributed by atoms with Crippen LogP contribution in [0.1, 0.15) is 226 Å². The standard InChI is InChI=1S/C52H95O13P/c1-3-5-7-9-11-13-15-17-19-21-22-23-24-25-27-29-31-33-35-37-39-41-46(54)64-44(43-63-66(60,61)65-52-50(58)48(56)47(55)49(57)51(52)59)42-62-45(53)40-38-36-34-32-30-28-26-20-18-16-14-12-10-8-6-4-2/h15,17,20-22,26,44,47-52,55-59H,3-14,16,18-19,23-25,27-43H2,1-2H3,(H,60,61)/b17-15-,22-21-,26-20-. The summed E-state index contributed by atoms with van der Waals surface area (Å²) in [7, 11) is -5.12. The molecule has 0 saturated heterocycles. The van der Waals surface area contributed by atoms with Gasteiger partial charge in [-0.25, -0.2) is 4.57 Å². The Balaban J connectivity index is 2.39. The Morgan fingerprint density at radius 3 is 1.24 bits per heavy atom. The summed E-state index contributed by atoms with van der Waals surface area (Å²) in [5.41, 5.74) is 0. The molecule has 0 bridgehead atoms. The highest BCUT2D eigenvalue weighted by molar-refractivity contribution is 7.47. The molecule has 13 nitrogen and oxygen atoms in total. The van der Waals surface area contributed by atoms with Gasteiger partial charge in [-0.15, -0.1) is 0 Å². The van der Waals surface area contributed by atoms with Gasteiger partial charge < -0.3 is 39.9 Å². The smallest absolute Gasteiger partial charge is 0.462 e. The van der Waals surface area contributed by atoms with Crippen LogP contribution in [-0.2, 0) is 32.7 Å². The Morgan fingerprint density at radius 1 is 0.470 bits per heavy atom. The second-order valence-electron chi connectivity index (χ2n) is 18.4. The first kappa shape index (κ1) is 62.1. The topological polar surface area (TPSA) is 210 Å². The van der Waals surface area contributed by atoms with Gasteiger partial charge in [0.25, 0.3) is 0 Å². The number of aliphatic hydroxyl groups excluding tert-OH is 5. The number of allylic oxidation sites excluding steroid dienone is 6. The quantitative estimate of drug-likeness (QED) is 0.0145. The average molecular weight is 959 g/mol. The Kier molecular flexibility index (Phi) is 39.5. The van der Waals surface area contributed by atoms with Crippen LogP contribution in [0, 0.1) is 0 Å². The van der Waals surface area contributed by atoms with Crippen LogP contribution < -0.4 is 0 Å². The first-order valence-electron chi connectivity index (χ1n) is 26.3. The zero-order valence-corrected chi connectivity index (χ0v) is 42.1. The second kappa shape index (κ2) is 42.0. The summed E-state index contributed by atoms with van der Waals surface area (Å²) < 4.78 is 33.6. The maximum atomic E-state index is 12.9. The van der Waals surface area contributed by atoms with Gasteiger partial charge >= 0.3 is 19.8 Å². The van der Waals surface area contributed by atoms with Crippen LogP contribution >= 0.6 is 7.82 Å². The molecular weight excluding hydrogens is 864 g/mol. The minimum atomic E-state index is -5.12. The molecule has 66 heavy (non-hydrogen) atoms. The predicted molar refractivity (Wildman–Crippen MR) is 263 cm³/mol. The van der Waals surface area contributed by atoms with Crippen LogP contribution in [-0.4, -0.2) is 98.3 Å². The lowest BCUT2D eigenvalue weighted by atomic mass is 9.85. The highest BCUT2D eigenvalue weighted by Crippen LogP contribution is 2.47. The lowest BCUT2D eigenvalue weighted by Gasteiger charge is -2.41. The van der Waals surface area contributed by atoms with Crippen molar-refractivity contribution in [2.45, 2.75) is 268 Å². The molecule has 6 unspecified atom stereocenters. The number of aliphatic hydroxyl groups is 5. The molecule has 0 aromatic heterocycles. The van der Waals surface area contributed by atoms with E-state index in [1.807, 2.05) is 0 Å². The summed E-state index contributed by atoms with van der Waals surface area (Å²) in [6, 6.07) is 0. The predicted octanol–water partition coefficient (Wildman–Crippen LogP) is 11.3. The van der Waals surface area contributed by atoms with Gasteiger partial charge in [0, 0.05) is 12.8 Å². The van der Waals surface area contributed by atoms with Crippen molar-refractivity contribution in [2.24, 2.45) is 0 Å². The summed E-state index contributed by atoms with van der Waals surface area (Å²) in [6.45, 7) is 3.30. The number of carbonyl (C=O) groups excluding carboxylic acids is 2. The lowest BCUT2D eigenvalue weighted by molar-refractivity contribution is -0.220. The molecule has 1 rings (SSSR count). The number of rotatable bonds is 44. The largest absolute Gasteiger partial charge is 0.472 e. The molecular formula is C52H95O13P. The minimum absolute atomic E-state index is 0.0909. The van der Waals surface area contributed by atoms with Gasteiger partial charge in [-0.3, -0.25) is 18.6 Å². The zero-order valence-electron chi connectivity index (χ0n) is 41.2. The van der Waals surface area contributed by atoms with Crippen LogP contribution in [0.4, 0.5) is 0 Å². The summed E-state index contributed by atoms with van der Waals surface area (Å²) in [5, 5.41) is 50.3. The van der Waals surface area contributed by atoms with E-state index in [0.717, 1.165) is 77.0 Å². The molecule has 6 N–H and O–H groups in total. The van der Waals surface area contributed by atoms with Crippen LogP contribution in [0.25, 0.3) is 0 Å². The fraction of sp³-hybridized carbons (Fsp3) is 0.846. The first-order valence-corrected chi connectivity index (χ1v) is 27.8. The van der Waals surface area contributed by atoms with E-state index < -0.39 is 75.7 Å². The van der Waals surface area contributed by atoms with E-state index in [0.29, 0.717) is 12.8 Å². The van der Waals surface area contributed by atoms with Crippen LogP contribution in [0.5, 0.6) is 0 Å². The van der Waals surface area contributed by atoms with Crippen LogP contribution in [0.3, 0.4) is 0 Å². The summed E-state index contributed by atoms with van der Waals surface area (Å²) in [5.74, 6) is -1.11. The van der Waals surface area contributed by atoms with Gasteiger partial charge in [0.2, 0.25) is 0 Å². The van der Waals surface area contributed by atoms with E-state index in [-0.39, 0.29) is 12.8 Å². The van der Waals surface area contributed by atoms with Crippen molar-refractivity contribution in [2.75, 3.05) is 13.2 Å². The van der Waals surface area contributed by atoms with Gasteiger partial charge in [-0.05, 0) is 70.6 Å². The van der Waals surface area contributed by atoms with Crippen LogP contribution in [0.2, 0.25) is 0 Å². The number of carbonyl (C=O) groups is 2. The maximum Gasteiger partial charge on any atom is 0.472 e. The number of unbranched alkanes of at least 4 members (excludes halogenated alkanes) is 26. The second-order valence-corrected chi connectivity index (χ2v) is 19.8. The van der Waals surface area contributed by atoms with Gasteiger partial charge in [0.15, 0.2) is 6.10 Å². The molecule has 0 amide bonds. The number of phosphoric ester groups is 1. The Bertz CT molecular complexity index is 1290. The van der Waals surface area contributed by atoms with Crippen molar-refractivity contribution in [3.8, 4) is 0 Å². The molecule has 1 aliphatic rings. The monoisotopic (exact) mass is 959 g/mol. The molecule has 386 valence electrons. The molecule has 1 saturated carbocycles. The molecule has 0 aromatic carbocycles. The Hall–Kier alpha value is -1.93. The molecule has 14 heteroatoms. The molecule has 0 aromatic rings. The fourth-order valence-electron chi connectivity index (χ4n) is 7.96. The van der Waals surface area contributed by atoms with Crippen molar-refractivity contribution in [3.63, 3.8) is 0 Å². The number of ether oxygens (including phenoxy) is 2. The normalized spacial score (nSPS) is 21.5. The lowest BCUT2D eigenvalue weighted by Crippen LogP contribution is -2.64. The molecule has 0 spiro atoms. The highest BCUT2D eigenvalue weighted by atomic mass is 31.2. The van der Waals surface area contributed by atoms with E-state index >= 15 is 0 Å². The zero-order chi connectivity index (χ0) is 48.5. The number of hydrogen-bond acceptors (Lipinski definition) is 12. The van der Waals surface area contributed by atoms with Gasteiger partial charge in [0.1, 0.15) is 43.2 Å². The SMILES string of the molecule is CCCCCCC/C=C\C/C=C\CCCCCCCCCCCC(=O)OC(COC(=O)CCCCCCC/C=C\CCCCCCCCC)COP(=O)(O)OC1C(O)C(O)C(O)C(O)C1O. The van der Waals surface area contributed by atoms with E-state index in [1.165, 1.54) is 109 Å².